The second kappa shape index (κ2) is 6.71. The summed E-state index contributed by atoms with van der Waals surface area (Å²) < 4.78 is 2.01. The van der Waals surface area contributed by atoms with E-state index in [1.165, 1.54) is 11.8 Å². The SMILES string of the molecule is CC(C)c1nnc(SCC(=O)O)n1C(C)c1ccncc1. The number of aromatic nitrogens is 4. The first kappa shape index (κ1) is 15.5. The maximum Gasteiger partial charge on any atom is 0.313 e. The van der Waals surface area contributed by atoms with Crippen molar-refractivity contribution in [2.45, 2.75) is 37.9 Å². The number of nitrogens with zero attached hydrogens (tertiary/aromatic N) is 4. The largest absolute Gasteiger partial charge is 0.481 e. The minimum absolute atomic E-state index is 0.0247. The highest BCUT2D eigenvalue weighted by Gasteiger charge is 2.21. The van der Waals surface area contributed by atoms with Gasteiger partial charge in [0.25, 0.3) is 0 Å². The number of carboxylic acid groups (broad SMARTS) is 1. The highest BCUT2D eigenvalue weighted by molar-refractivity contribution is 7.99. The average Bonchev–Trinajstić information content (AvgIpc) is 2.89. The van der Waals surface area contributed by atoms with Crippen LogP contribution in [0.5, 0.6) is 0 Å². The third-order valence-electron chi connectivity index (χ3n) is 3.11. The summed E-state index contributed by atoms with van der Waals surface area (Å²) in [4.78, 5) is 14.8. The Hall–Kier alpha value is -1.89. The number of hydrogen-bond acceptors (Lipinski definition) is 5. The summed E-state index contributed by atoms with van der Waals surface area (Å²) in [6, 6.07) is 3.91. The van der Waals surface area contributed by atoms with Crippen molar-refractivity contribution in [3.63, 3.8) is 0 Å². The van der Waals surface area contributed by atoms with Crippen molar-refractivity contribution in [1.29, 1.82) is 0 Å². The molecule has 1 N–H and O–H groups in total. The van der Waals surface area contributed by atoms with Crippen LogP contribution in [0.2, 0.25) is 0 Å². The molecule has 21 heavy (non-hydrogen) atoms. The lowest BCUT2D eigenvalue weighted by Gasteiger charge is -2.19. The van der Waals surface area contributed by atoms with Crippen molar-refractivity contribution in [2.75, 3.05) is 5.75 Å². The molecule has 0 fully saturated rings. The minimum atomic E-state index is -0.864. The minimum Gasteiger partial charge on any atom is -0.481 e. The molecule has 0 aliphatic heterocycles. The average molecular weight is 306 g/mol. The van der Waals surface area contributed by atoms with E-state index in [0.717, 1.165) is 11.4 Å². The molecule has 0 aromatic carbocycles. The molecule has 6 nitrogen and oxygen atoms in total. The predicted octanol–water partition coefficient (Wildman–Crippen LogP) is 2.58. The van der Waals surface area contributed by atoms with Crippen LogP contribution >= 0.6 is 11.8 Å². The Kier molecular flexibility index (Phi) is 4.95. The van der Waals surface area contributed by atoms with Gasteiger partial charge >= 0.3 is 5.97 Å². The summed E-state index contributed by atoms with van der Waals surface area (Å²) in [6.45, 7) is 6.15. The highest BCUT2D eigenvalue weighted by Crippen LogP contribution is 2.28. The lowest BCUT2D eigenvalue weighted by molar-refractivity contribution is -0.133. The van der Waals surface area contributed by atoms with E-state index in [0.29, 0.717) is 5.16 Å². The van der Waals surface area contributed by atoms with Crippen LogP contribution < -0.4 is 0 Å². The van der Waals surface area contributed by atoms with Gasteiger partial charge in [0.2, 0.25) is 0 Å². The van der Waals surface area contributed by atoms with E-state index in [-0.39, 0.29) is 17.7 Å². The van der Waals surface area contributed by atoms with Gasteiger partial charge in [-0.15, -0.1) is 10.2 Å². The Balaban J connectivity index is 2.38. The molecule has 2 aromatic heterocycles. The van der Waals surface area contributed by atoms with E-state index in [9.17, 15) is 4.79 Å². The standard InChI is InChI=1S/C14H18N4O2S/c1-9(2)13-16-17-14(21-8-12(19)20)18(13)10(3)11-4-6-15-7-5-11/h4-7,9-10H,8H2,1-3H3,(H,19,20). The molecule has 7 heteroatoms. The summed E-state index contributed by atoms with van der Waals surface area (Å²) in [5, 5.41) is 17.9. The van der Waals surface area contributed by atoms with Crippen molar-refractivity contribution in [3.8, 4) is 0 Å². The zero-order valence-electron chi connectivity index (χ0n) is 12.2. The van der Waals surface area contributed by atoms with Crippen molar-refractivity contribution < 1.29 is 9.90 Å². The van der Waals surface area contributed by atoms with Crippen molar-refractivity contribution in [3.05, 3.63) is 35.9 Å². The molecule has 0 spiro atoms. The second-order valence-corrected chi connectivity index (χ2v) is 5.95. The predicted molar refractivity (Wildman–Crippen MR) is 80.5 cm³/mol. The Morgan fingerprint density at radius 1 is 1.29 bits per heavy atom. The molecule has 0 bridgehead atoms. The van der Waals surface area contributed by atoms with E-state index in [4.69, 9.17) is 5.11 Å². The van der Waals surface area contributed by atoms with Crippen LogP contribution in [0.3, 0.4) is 0 Å². The summed E-state index contributed by atoms with van der Waals surface area (Å²) >= 11 is 1.19. The van der Waals surface area contributed by atoms with Gasteiger partial charge in [0.15, 0.2) is 5.16 Å². The number of hydrogen-bond donors (Lipinski definition) is 1. The molecular formula is C14H18N4O2S. The molecule has 1 unspecified atom stereocenters. The zero-order valence-corrected chi connectivity index (χ0v) is 13.0. The summed E-state index contributed by atoms with van der Waals surface area (Å²) in [5.41, 5.74) is 1.09. The van der Waals surface area contributed by atoms with Gasteiger partial charge in [0, 0.05) is 18.3 Å². The molecule has 2 rings (SSSR count). The third kappa shape index (κ3) is 3.60. The van der Waals surface area contributed by atoms with Crippen LogP contribution in [0.15, 0.2) is 29.7 Å². The topological polar surface area (TPSA) is 80.9 Å². The van der Waals surface area contributed by atoms with Crippen LogP contribution in [0.4, 0.5) is 0 Å². The van der Waals surface area contributed by atoms with Gasteiger partial charge in [0.1, 0.15) is 5.82 Å². The fourth-order valence-electron chi connectivity index (χ4n) is 2.06. The van der Waals surface area contributed by atoms with Crippen molar-refractivity contribution in [2.24, 2.45) is 0 Å². The van der Waals surface area contributed by atoms with Crippen LogP contribution in [-0.2, 0) is 4.79 Å². The Morgan fingerprint density at radius 2 is 1.95 bits per heavy atom. The number of carbonyl (C=O) groups is 1. The third-order valence-corrected chi connectivity index (χ3v) is 4.04. The van der Waals surface area contributed by atoms with Gasteiger partial charge in [-0.05, 0) is 24.6 Å². The Labute approximate surface area is 127 Å². The van der Waals surface area contributed by atoms with Crippen molar-refractivity contribution >= 4 is 17.7 Å². The van der Waals surface area contributed by atoms with Crippen LogP contribution in [0.25, 0.3) is 0 Å². The molecule has 2 aromatic rings. The lowest BCUT2D eigenvalue weighted by Crippen LogP contribution is -2.13. The summed E-state index contributed by atoms with van der Waals surface area (Å²) in [6.07, 6.45) is 3.49. The summed E-state index contributed by atoms with van der Waals surface area (Å²) in [7, 11) is 0. The van der Waals surface area contributed by atoms with Gasteiger partial charge in [-0.1, -0.05) is 25.6 Å². The first-order chi connectivity index (χ1) is 10.0. The number of aliphatic carboxylic acids is 1. The quantitative estimate of drug-likeness (QED) is 0.826. The Morgan fingerprint density at radius 3 is 2.52 bits per heavy atom. The van der Waals surface area contributed by atoms with Crippen LogP contribution in [0.1, 0.15) is 44.1 Å². The first-order valence-electron chi connectivity index (χ1n) is 6.70. The molecule has 0 saturated heterocycles. The maximum atomic E-state index is 10.8. The smallest absolute Gasteiger partial charge is 0.313 e. The number of thioether (sulfide) groups is 1. The second-order valence-electron chi connectivity index (χ2n) is 5.00. The molecule has 0 amide bonds. The van der Waals surface area contributed by atoms with Gasteiger partial charge in [-0.3, -0.25) is 14.3 Å². The monoisotopic (exact) mass is 306 g/mol. The van der Waals surface area contributed by atoms with Gasteiger partial charge in [-0.25, -0.2) is 0 Å². The fraction of sp³-hybridized carbons (Fsp3) is 0.429. The van der Waals surface area contributed by atoms with Crippen molar-refractivity contribution in [1.82, 2.24) is 19.7 Å². The molecule has 0 radical (unpaired) electrons. The summed E-state index contributed by atoms with van der Waals surface area (Å²) in [5.74, 6) is 0.171. The van der Waals surface area contributed by atoms with E-state index in [2.05, 4.69) is 22.1 Å². The fourth-order valence-corrected chi connectivity index (χ4v) is 2.80. The lowest BCUT2D eigenvalue weighted by atomic mass is 10.1. The van der Waals surface area contributed by atoms with E-state index < -0.39 is 5.97 Å². The normalized spacial score (nSPS) is 12.6. The molecule has 112 valence electrons. The van der Waals surface area contributed by atoms with E-state index in [1.807, 2.05) is 30.5 Å². The maximum absolute atomic E-state index is 10.8. The molecular weight excluding hydrogens is 288 g/mol. The van der Waals surface area contributed by atoms with E-state index >= 15 is 0 Å². The number of pyridine rings is 1. The van der Waals surface area contributed by atoms with Gasteiger partial charge in [0.05, 0.1) is 11.8 Å². The highest BCUT2D eigenvalue weighted by atomic mass is 32.2. The van der Waals surface area contributed by atoms with Crippen LogP contribution in [0, 0.1) is 0 Å². The van der Waals surface area contributed by atoms with Crippen LogP contribution in [-0.4, -0.2) is 36.6 Å². The van der Waals surface area contributed by atoms with Gasteiger partial charge in [-0.2, -0.15) is 0 Å². The molecule has 0 aliphatic rings. The van der Waals surface area contributed by atoms with Gasteiger partial charge < -0.3 is 5.11 Å². The first-order valence-corrected chi connectivity index (χ1v) is 7.68. The Bertz CT molecular complexity index is 613. The molecule has 0 saturated carbocycles. The zero-order chi connectivity index (χ0) is 15.4. The van der Waals surface area contributed by atoms with E-state index in [1.54, 1.807) is 12.4 Å². The number of carboxylic acids is 1. The number of rotatable bonds is 6. The molecule has 1 atom stereocenters. The molecule has 0 aliphatic carbocycles. The molecule has 2 heterocycles.